The second-order valence-corrected chi connectivity index (χ2v) is 4.63. The molecule has 1 unspecified atom stereocenters. The van der Waals surface area contributed by atoms with Crippen LogP contribution < -0.4 is 10.1 Å². The number of rotatable bonds is 3. The van der Waals surface area contributed by atoms with E-state index in [2.05, 4.69) is 10.2 Å². The van der Waals surface area contributed by atoms with Crippen LogP contribution in [0.25, 0.3) is 0 Å². The number of nitrogens with one attached hydrogen (secondary N) is 1. The Labute approximate surface area is 102 Å². The maximum absolute atomic E-state index is 11.5. The summed E-state index contributed by atoms with van der Waals surface area (Å²) in [4.78, 5) is 13.6. The molecule has 0 fully saturated rings. The molecule has 17 heavy (non-hydrogen) atoms. The fourth-order valence-corrected chi connectivity index (χ4v) is 1.76. The predicted octanol–water partition coefficient (Wildman–Crippen LogP) is 1.51. The van der Waals surface area contributed by atoms with Crippen LogP contribution in [0.5, 0.6) is 5.75 Å². The summed E-state index contributed by atoms with van der Waals surface area (Å²) < 4.78 is 5.50. The SMILES string of the molecule is CC1Oc2ccc(CCN(C)C)cc2NC1=O. The van der Waals surface area contributed by atoms with E-state index in [9.17, 15) is 4.79 Å². The van der Waals surface area contributed by atoms with Gasteiger partial charge in [0.1, 0.15) is 5.75 Å². The average Bonchev–Trinajstić information content (AvgIpc) is 2.28. The van der Waals surface area contributed by atoms with Crippen LogP contribution in [0.2, 0.25) is 0 Å². The van der Waals surface area contributed by atoms with E-state index < -0.39 is 6.10 Å². The molecule has 1 aromatic rings. The summed E-state index contributed by atoms with van der Waals surface area (Å²) in [6, 6.07) is 5.96. The number of amides is 1. The number of benzene rings is 1. The van der Waals surface area contributed by atoms with Crippen molar-refractivity contribution in [2.75, 3.05) is 26.0 Å². The Hall–Kier alpha value is -1.55. The molecule has 0 radical (unpaired) electrons. The first-order chi connectivity index (χ1) is 8.06. The van der Waals surface area contributed by atoms with Gasteiger partial charge in [0.2, 0.25) is 0 Å². The van der Waals surface area contributed by atoms with Crippen molar-refractivity contribution < 1.29 is 9.53 Å². The third-order valence-corrected chi connectivity index (χ3v) is 2.82. The zero-order valence-corrected chi connectivity index (χ0v) is 10.5. The van der Waals surface area contributed by atoms with Crippen LogP contribution in [0.4, 0.5) is 5.69 Å². The Morgan fingerprint density at radius 1 is 1.41 bits per heavy atom. The summed E-state index contributed by atoms with van der Waals surface area (Å²) in [6.07, 6.45) is 0.557. The number of nitrogens with zero attached hydrogens (tertiary/aromatic N) is 1. The highest BCUT2D eigenvalue weighted by atomic mass is 16.5. The zero-order chi connectivity index (χ0) is 12.4. The lowest BCUT2D eigenvalue weighted by atomic mass is 10.1. The summed E-state index contributed by atoms with van der Waals surface area (Å²) in [5.74, 6) is 0.674. The Bertz CT molecular complexity index is 429. The van der Waals surface area contributed by atoms with Gasteiger partial charge in [-0.1, -0.05) is 6.07 Å². The van der Waals surface area contributed by atoms with Crippen molar-refractivity contribution in [3.63, 3.8) is 0 Å². The van der Waals surface area contributed by atoms with E-state index in [0.717, 1.165) is 24.4 Å². The number of likely N-dealkylation sites (N-methyl/N-ethyl adjacent to an activating group) is 1. The standard InChI is InChI=1S/C13H18N2O2/c1-9-13(16)14-11-8-10(6-7-15(2)3)4-5-12(11)17-9/h4-5,8-9H,6-7H2,1-3H3,(H,14,16). The quantitative estimate of drug-likeness (QED) is 0.862. The number of hydrogen-bond donors (Lipinski definition) is 1. The summed E-state index contributed by atoms with van der Waals surface area (Å²) in [6.45, 7) is 2.74. The van der Waals surface area contributed by atoms with Gasteiger partial charge in [-0.25, -0.2) is 0 Å². The minimum atomic E-state index is -0.407. The van der Waals surface area contributed by atoms with Gasteiger partial charge in [-0.3, -0.25) is 4.79 Å². The lowest BCUT2D eigenvalue weighted by Crippen LogP contribution is -2.34. The molecule has 0 saturated heterocycles. The molecule has 0 saturated carbocycles. The lowest BCUT2D eigenvalue weighted by molar-refractivity contribution is -0.122. The second kappa shape index (κ2) is 4.75. The maximum Gasteiger partial charge on any atom is 0.265 e. The van der Waals surface area contributed by atoms with Crippen LogP contribution >= 0.6 is 0 Å². The van der Waals surface area contributed by atoms with E-state index in [1.165, 1.54) is 5.56 Å². The van der Waals surface area contributed by atoms with E-state index in [-0.39, 0.29) is 5.91 Å². The van der Waals surface area contributed by atoms with Crippen LogP contribution in [0.1, 0.15) is 12.5 Å². The molecule has 92 valence electrons. The van der Waals surface area contributed by atoms with Crippen LogP contribution in [0, 0.1) is 0 Å². The normalized spacial score (nSPS) is 18.6. The van der Waals surface area contributed by atoms with Gasteiger partial charge < -0.3 is 15.0 Å². The third-order valence-electron chi connectivity index (χ3n) is 2.82. The number of fused-ring (bicyclic) bond motifs is 1. The predicted molar refractivity (Wildman–Crippen MR) is 67.4 cm³/mol. The Morgan fingerprint density at radius 2 is 2.18 bits per heavy atom. The van der Waals surface area contributed by atoms with Gasteiger partial charge in [-0.2, -0.15) is 0 Å². The first-order valence-corrected chi connectivity index (χ1v) is 5.81. The van der Waals surface area contributed by atoms with Crippen molar-refractivity contribution >= 4 is 11.6 Å². The molecule has 0 aliphatic carbocycles. The summed E-state index contributed by atoms with van der Waals surface area (Å²) in [7, 11) is 4.09. The van der Waals surface area contributed by atoms with Crippen molar-refractivity contribution in [3.05, 3.63) is 23.8 Å². The number of ether oxygens (including phenoxy) is 1. The number of anilines is 1. The van der Waals surface area contributed by atoms with E-state index in [0.29, 0.717) is 0 Å². The van der Waals surface area contributed by atoms with E-state index in [1.54, 1.807) is 6.92 Å². The van der Waals surface area contributed by atoms with Crippen molar-refractivity contribution in [3.8, 4) is 5.75 Å². The fraction of sp³-hybridized carbons (Fsp3) is 0.462. The fourth-order valence-electron chi connectivity index (χ4n) is 1.76. The van der Waals surface area contributed by atoms with Crippen LogP contribution in [-0.4, -0.2) is 37.6 Å². The number of carbonyl (C=O) groups is 1. The summed E-state index contributed by atoms with van der Waals surface area (Å²) >= 11 is 0. The van der Waals surface area contributed by atoms with Gasteiger partial charge in [-0.15, -0.1) is 0 Å². The maximum atomic E-state index is 11.5. The van der Waals surface area contributed by atoms with Gasteiger partial charge in [-0.05, 0) is 45.1 Å². The molecule has 1 aromatic carbocycles. The second-order valence-electron chi connectivity index (χ2n) is 4.63. The minimum Gasteiger partial charge on any atom is -0.479 e. The molecule has 0 spiro atoms. The van der Waals surface area contributed by atoms with Gasteiger partial charge >= 0.3 is 0 Å². The van der Waals surface area contributed by atoms with Crippen molar-refractivity contribution in [1.29, 1.82) is 0 Å². The van der Waals surface area contributed by atoms with Crippen LogP contribution in [0.3, 0.4) is 0 Å². The highest BCUT2D eigenvalue weighted by molar-refractivity contribution is 5.97. The van der Waals surface area contributed by atoms with Gasteiger partial charge in [0.15, 0.2) is 6.10 Å². The smallest absolute Gasteiger partial charge is 0.265 e. The minimum absolute atomic E-state index is 0.0812. The molecular weight excluding hydrogens is 216 g/mol. The average molecular weight is 234 g/mol. The molecule has 1 aliphatic heterocycles. The number of hydrogen-bond acceptors (Lipinski definition) is 3. The Morgan fingerprint density at radius 3 is 2.88 bits per heavy atom. The molecule has 2 rings (SSSR count). The molecule has 1 N–H and O–H groups in total. The van der Waals surface area contributed by atoms with Crippen LogP contribution in [-0.2, 0) is 11.2 Å². The first-order valence-electron chi connectivity index (χ1n) is 5.81. The highest BCUT2D eigenvalue weighted by Crippen LogP contribution is 2.30. The monoisotopic (exact) mass is 234 g/mol. The molecule has 4 heteroatoms. The zero-order valence-electron chi connectivity index (χ0n) is 10.5. The largest absolute Gasteiger partial charge is 0.479 e. The molecule has 1 aliphatic rings. The first kappa shape index (κ1) is 11.9. The van der Waals surface area contributed by atoms with Gasteiger partial charge in [0.25, 0.3) is 5.91 Å². The Balaban J connectivity index is 2.14. The lowest BCUT2D eigenvalue weighted by Gasteiger charge is -2.23. The van der Waals surface area contributed by atoms with E-state index in [4.69, 9.17) is 4.74 Å². The van der Waals surface area contributed by atoms with Crippen molar-refractivity contribution in [2.24, 2.45) is 0 Å². The van der Waals surface area contributed by atoms with Crippen molar-refractivity contribution in [2.45, 2.75) is 19.4 Å². The topological polar surface area (TPSA) is 41.6 Å². The summed E-state index contributed by atoms with van der Waals surface area (Å²) in [5.41, 5.74) is 1.99. The van der Waals surface area contributed by atoms with Gasteiger partial charge in [0.05, 0.1) is 5.69 Å². The van der Waals surface area contributed by atoms with Gasteiger partial charge in [0, 0.05) is 6.54 Å². The Kier molecular flexibility index (Phi) is 3.33. The molecule has 1 heterocycles. The third kappa shape index (κ3) is 2.77. The van der Waals surface area contributed by atoms with E-state index in [1.807, 2.05) is 32.3 Å². The molecule has 1 amide bonds. The molecule has 1 atom stereocenters. The molecule has 4 nitrogen and oxygen atoms in total. The van der Waals surface area contributed by atoms with E-state index >= 15 is 0 Å². The molecule has 0 bridgehead atoms. The molecular formula is C13H18N2O2. The highest BCUT2D eigenvalue weighted by Gasteiger charge is 2.23. The summed E-state index contributed by atoms with van der Waals surface area (Å²) in [5, 5.41) is 2.86. The molecule has 0 aromatic heterocycles. The van der Waals surface area contributed by atoms with Crippen molar-refractivity contribution in [1.82, 2.24) is 4.90 Å². The van der Waals surface area contributed by atoms with Crippen LogP contribution in [0.15, 0.2) is 18.2 Å². The number of carbonyl (C=O) groups excluding carboxylic acids is 1.